The van der Waals surface area contributed by atoms with E-state index in [2.05, 4.69) is 9.97 Å². The van der Waals surface area contributed by atoms with Gasteiger partial charge in [0.15, 0.2) is 0 Å². The van der Waals surface area contributed by atoms with Crippen molar-refractivity contribution in [2.45, 2.75) is 12.8 Å². The molecule has 78 valence electrons. The number of thiazole rings is 1. The first-order chi connectivity index (χ1) is 7.40. The largest absolute Gasteiger partial charge is 0.330 e. The summed E-state index contributed by atoms with van der Waals surface area (Å²) in [5, 5.41) is 0.989. The molecule has 2 rings (SSSR count). The third kappa shape index (κ3) is 2.61. The highest BCUT2D eigenvalue weighted by atomic mass is 32.1. The lowest BCUT2D eigenvalue weighted by Crippen LogP contribution is -1.99. The molecule has 2 heterocycles. The van der Waals surface area contributed by atoms with Crippen LogP contribution in [0.5, 0.6) is 0 Å². The van der Waals surface area contributed by atoms with Crippen molar-refractivity contribution in [1.82, 2.24) is 9.97 Å². The lowest BCUT2D eigenvalue weighted by Gasteiger charge is -1.93. The van der Waals surface area contributed by atoms with Gasteiger partial charge >= 0.3 is 0 Å². The lowest BCUT2D eigenvalue weighted by atomic mass is 10.3. The third-order valence-corrected chi connectivity index (χ3v) is 3.14. The average molecular weight is 219 g/mol. The van der Waals surface area contributed by atoms with Crippen LogP contribution in [0.3, 0.4) is 0 Å². The number of hydrogen-bond acceptors (Lipinski definition) is 4. The number of nitrogens with two attached hydrogens (primary N) is 1. The third-order valence-electron chi connectivity index (χ3n) is 2.06. The second kappa shape index (κ2) is 5.00. The zero-order valence-electron chi connectivity index (χ0n) is 8.39. The van der Waals surface area contributed by atoms with E-state index >= 15 is 0 Å². The summed E-state index contributed by atoms with van der Waals surface area (Å²) < 4.78 is 0. The molecule has 0 aliphatic rings. The minimum atomic E-state index is 0.733. The van der Waals surface area contributed by atoms with E-state index < -0.39 is 0 Å². The first-order valence-electron chi connectivity index (χ1n) is 4.96. The molecule has 0 spiro atoms. The van der Waals surface area contributed by atoms with Crippen LogP contribution in [0.2, 0.25) is 0 Å². The van der Waals surface area contributed by atoms with Crippen molar-refractivity contribution in [3.63, 3.8) is 0 Å². The Morgan fingerprint density at radius 2 is 2.20 bits per heavy atom. The van der Waals surface area contributed by atoms with E-state index in [1.54, 1.807) is 17.5 Å². The lowest BCUT2D eigenvalue weighted by molar-refractivity contribution is 0.841. The summed E-state index contributed by atoms with van der Waals surface area (Å²) in [5.41, 5.74) is 6.41. The van der Waals surface area contributed by atoms with Crippen LogP contribution in [-0.2, 0) is 6.42 Å². The summed E-state index contributed by atoms with van der Waals surface area (Å²) in [6.45, 7) is 0.733. The van der Waals surface area contributed by atoms with Gasteiger partial charge in [-0.25, -0.2) is 4.98 Å². The molecule has 0 radical (unpaired) electrons. The summed E-state index contributed by atoms with van der Waals surface area (Å²) in [4.78, 5) is 9.90. The van der Waals surface area contributed by atoms with Crippen LogP contribution in [0.4, 0.5) is 0 Å². The van der Waals surface area contributed by atoms with Gasteiger partial charge in [-0.15, -0.1) is 11.3 Å². The van der Waals surface area contributed by atoms with E-state index in [0.717, 1.165) is 30.1 Å². The maximum absolute atomic E-state index is 5.47. The van der Waals surface area contributed by atoms with Crippen molar-refractivity contribution in [1.29, 1.82) is 0 Å². The summed E-state index contributed by atoms with van der Waals surface area (Å²) in [6, 6.07) is 5.86. The van der Waals surface area contributed by atoms with Gasteiger partial charge in [-0.2, -0.15) is 0 Å². The molecular weight excluding hydrogens is 206 g/mol. The highest BCUT2D eigenvalue weighted by Crippen LogP contribution is 2.23. The van der Waals surface area contributed by atoms with Crippen molar-refractivity contribution >= 4 is 11.3 Å². The van der Waals surface area contributed by atoms with Crippen LogP contribution in [0, 0.1) is 0 Å². The first kappa shape index (κ1) is 10.3. The molecule has 4 heteroatoms. The molecule has 3 nitrogen and oxygen atoms in total. The predicted octanol–water partition coefficient (Wildman–Crippen LogP) is 2.10. The fourth-order valence-corrected chi connectivity index (χ4v) is 2.24. The van der Waals surface area contributed by atoms with Gasteiger partial charge in [0.1, 0.15) is 5.01 Å². The second-order valence-corrected chi connectivity index (χ2v) is 4.35. The molecule has 0 saturated carbocycles. The van der Waals surface area contributed by atoms with Crippen molar-refractivity contribution < 1.29 is 0 Å². The van der Waals surface area contributed by atoms with Crippen LogP contribution in [-0.4, -0.2) is 16.5 Å². The van der Waals surface area contributed by atoms with Crippen molar-refractivity contribution in [2.75, 3.05) is 6.54 Å². The molecule has 0 aromatic carbocycles. The van der Waals surface area contributed by atoms with E-state index in [1.807, 2.05) is 24.4 Å². The molecule has 0 saturated heterocycles. The van der Waals surface area contributed by atoms with Gasteiger partial charge in [0.05, 0.1) is 5.69 Å². The summed E-state index contributed by atoms with van der Waals surface area (Å²) in [7, 11) is 0. The van der Waals surface area contributed by atoms with Gasteiger partial charge in [0, 0.05) is 17.3 Å². The predicted molar refractivity (Wildman–Crippen MR) is 62.7 cm³/mol. The molecule has 2 N–H and O–H groups in total. The van der Waals surface area contributed by atoms with Crippen LogP contribution in [0.1, 0.15) is 11.3 Å². The maximum atomic E-state index is 5.47. The molecular formula is C11H13N3S. The van der Waals surface area contributed by atoms with Crippen LogP contribution >= 0.6 is 11.3 Å². The van der Waals surface area contributed by atoms with Crippen LogP contribution < -0.4 is 5.73 Å². The molecule has 2 aromatic rings. The Morgan fingerprint density at radius 3 is 2.93 bits per heavy atom. The monoisotopic (exact) mass is 219 g/mol. The maximum Gasteiger partial charge on any atom is 0.142 e. The minimum Gasteiger partial charge on any atom is -0.330 e. The topological polar surface area (TPSA) is 51.8 Å². The Balaban J connectivity index is 2.14. The van der Waals surface area contributed by atoms with E-state index in [9.17, 15) is 0 Å². The number of aromatic nitrogens is 2. The molecule has 2 aromatic heterocycles. The average Bonchev–Trinajstić information content (AvgIpc) is 2.76. The fourth-order valence-electron chi connectivity index (χ4n) is 1.31. The van der Waals surface area contributed by atoms with Gasteiger partial charge in [-0.05, 0) is 31.5 Å². The van der Waals surface area contributed by atoms with Crippen LogP contribution in [0.25, 0.3) is 10.7 Å². The summed E-state index contributed by atoms with van der Waals surface area (Å²) in [5.74, 6) is 0. The number of hydrogen-bond donors (Lipinski definition) is 1. The SMILES string of the molecule is NCCCc1cnc(-c2ccccn2)s1. The molecule has 0 fully saturated rings. The van der Waals surface area contributed by atoms with Crippen molar-refractivity contribution in [2.24, 2.45) is 5.73 Å². The van der Waals surface area contributed by atoms with Crippen molar-refractivity contribution in [3.8, 4) is 10.7 Å². The summed E-state index contributed by atoms with van der Waals surface area (Å²) in [6.07, 6.45) is 5.74. The smallest absolute Gasteiger partial charge is 0.142 e. The van der Waals surface area contributed by atoms with E-state index in [4.69, 9.17) is 5.73 Å². The van der Waals surface area contributed by atoms with Gasteiger partial charge in [0.25, 0.3) is 0 Å². The Morgan fingerprint density at radius 1 is 1.27 bits per heavy atom. The van der Waals surface area contributed by atoms with E-state index in [-0.39, 0.29) is 0 Å². The molecule has 0 amide bonds. The number of nitrogens with zero attached hydrogens (tertiary/aromatic N) is 2. The normalized spacial score (nSPS) is 10.5. The Hall–Kier alpha value is -1.26. The highest BCUT2D eigenvalue weighted by molar-refractivity contribution is 7.14. The van der Waals surface area contributed by atoms with Gasteiger partial charge in [0.2, 0.25) is 0 Å². The van der Waals surface area contributed by atoms with Crippen molar-refractivity contribution in [3.05, 3.63) is 35.5 Å². The van der Waals surface area contributed by atoms with Gasteiger partial charge in [-0.3, -0.25) is 4.98 Å². The molecule has 0 atom stereocenters. The fraction of sp³-hybridized carbons (Fsp3) is 0.273. The zero-order valence-corrected chi connectivity index (χ0v) is 9.20. The minimum absolute atomic E-state index is 0.733. The summed E-state index contributed by atoms with van der Waals surface area (Å²) >= 11 is 1.70. The highest BCUT2D eigenvalue weighted by Gasteiger charge is 2.04. The quantitative estimate of drug-likeness (QED) is 0.856. The molecule has 0 bridgehead atoms. The molecule has 15 heavy (non-hydrogen) atoms. The van der Waals surface area contributed by atoms with E-state index in [1.165, 1.54) is 4.88 Å². The Kier molecular flexibility index (Phi) is 3.42. The first-order valence-corrected chi connectivity index (χ1v) is 5.78. The molecule has 0 aliphatic heterocycles. The van der Waals surface area contributed by atoms with E-state index in [0.29, 0.717) is 0 Å². The zero-order chi connectivity index (χ0) is 10.5. The standard InChI is InChI=1S/C11H13N3S/c12-6-3-4-9-8-14-11(15-9)10-5-1-2-7-13-10/h1-2,5,7-8H,3-4,6,12H2. The Bertz CT molecular complexity index is 411. The van der Waals surface area contributed by atoms with Gasteiger partial charge in [-0.1, -0.05) is 6.07 Å². The number of aryl methyl sites for hydroxylation is 1. The van der Waals surface area contributed by atoms with Gasteiger partial charge < -0.3 is 5.73 Å². The molecule has 0 aliphatic carbocycles. The Labute approximate surface area is 93.0 Å². The second-order valence-electron chi connectivity index (χ2n) is 3.24. The number of rotatable bonds is 4. The number of pyridine rings is 1. The van der Waals surface area contributed by atoms with Crippen LogP contribution in [0.15, 0.2) is 30.6 Å². The molecule has 0 unspecified atom stereocenters.